The fourth-order valence-corrected chi connectivity index (χ4v) is 1.58. The van der Waals surface area contributed by atoms with E-state index in [-0.39, 0.29) is 17.2 Å². The summed E-state index contributed by atoms with van der Waals surface area (Å²) in [7, 11) is 0. The number of carboxylic acid groups (broad SMARTS) is 1. The zero-order chi connectivity index (χ0) is 11.5. The standard InChI is InChI=1S/C10H12N2O4/c13-9(12-3-1-11-2-4-12)8-5-7(6-16-8)10(14)15/h5-6,11H,1-4H2,(H,14,15). The number of nitrogens with one attached hydrogen (secondary N) is 1. The van der Waals surface area contributed by atoms with Crippen molar-refractivity contribution in [2.24, 2.45) is 0 Å². The van der Waals surface area contributed by atoms with Gasteiger partial charge in [0.25, 0.3) is 5.91 Å². The second kappa shape index (κ2) is 4.36. The quantitative estimate of drug-likeness (QED) is 0.740. The zero-order valence-electron chi connectivity index (χ0n) is 8.60. The van der Waals surface area contributed by atoms with Gasteiger partial charge in [-0.2, -0.15) is 0 Å². The third-order valence-electron chi connectivity index (χ3n) is 2.46. The van der Waals surface area contributed by atoms with Crippen molar-refractivity contribution in [2.75, 3.05) is 26.2 Å². The monoisotopic (exact) mass is 224 g/mol. The van der Waals surface area contributed by atoms with Crippen LogP contribution in [0.25, 0.3) is 0 Å². The molecule has 0 aromatic carbocycles. The van der Waals surface area contributed by atoms with E-state index in [0.717, 1.165) is 19.4 Å². The number of aromatic carboxylic acids is 1. The van der Waals surface area contributed by atoms with Crippen molar-refractivity contribution in [3.63, 3.8) is 0 Å². The predicted molar refractivity (Wildman–Crippen MR) is 54.4 cm³/mol. The summed E-state index contributed by atoms with van der Waals surface area (Å²) in [6.45, 7) is 2.72. The smallest absolute Gasteiger partial charge is 0.338 e. The molecule has 0 aliphatic carbocycles. The average molecular weight is 224 g/mol. The lowest BCUT2D eigenvalue weighted by molar-refractivity contribution is 0.0690. The van der Waals surface area contributed by atoms with Gasteiger partial charge in [0, 0.05) is 32.2 Å². The van der Waals surface area contributed by atoms with Gasteiger partial charge >= 0.3 is 5.97 Å². The number of furan rings is 1. The number of carbonyl (C=O) groups is 2. The van der Waals surface area contributed by atoms with E-state index < -0.39 is 5.97 Å². The van der Waals surface area contributed by atoms with Crippen LogP contribution >= 0.6 is 0 Å². The molecule has 2 rings (SSSR count). The number of amides is 1. The molecule has 6 heteroatoms. The first kappa shape index (κ1) is 10.7. The topological polar surface area (TPSA) is 82.8 Å². The fraction of sp³-hybridized carbons (Fsp3) is 0.400. The van der Waals surface area contributed by atoms with E-state index in [1.54, 1.807) is 4.90 Å². The van der Waals surface area contributed by atoms with Crippen molar-refractivity contribution in [3.8, 4) is 0 Å². The number of piperazine rings is 1. The average Bonchev–Trinajstić information content (AvgIpc) is 2.78. The summed E-state index contributed by atoms with van der Waals surface area (Å²) < 4.78 is 4.95. The lowest BCUT2D eigenvalue weighted by Gasteiger charge is -2.26. The maximum atomic E-state index is 11.8. The van der Waals surface area contributed by atoms with Gasteiger partial charge in [-0.25, -0.2) is 4.79 Å². The predicted octanol–water partition coefficient (Wildman–Crippen LogP) is 0.0232. The molecule has 6 nitrogen and oxygen atoms in total. The van der Waals surface area contributed by atoms with E-state index in [0.29, 0.717) is 13.1 Å². The third kappa shape index (κ3) is 2.06. The highest BCUT2D eigenvalue weighted by molar-refractivity contribution is 5.95. The largest absolute Gasteiger partial charge is 0.478 e. The Labute approximate surface area is 91.8 Å². The van der Waals surface area contributed by atoms with Gasteiger partial charge in [0.15, 0.2) is 5.76 Å². The van der Waals surface area contributed by atoms with Crippen molar-refractivity contribution in [1.82, 2.24) is 10.2 Å². The SMILES string of the molecule is O=C(O)c1coc(C(=O)N2CCNCC2)c1. The number of carbonyl (C=O) groups excluding carboxylic acids is 1. The molecule has 86 valence electrons. The second-order valence-electron chi connectivity index (χ2n) is 3.55. The van der Waals surface area contributed by atoms with Crippen LogP contribution in [0.2, 0.25) is 0 Å². The summed E-state index contributed by atoms with van der Waals surface area (Å²) in [6, 6.07) is 1.26. The fourth-order valence-electron chi connectivity index (χ4n) is 1.58. The summed E-state index contributed by atoms with van der Waals surface area (Å²) in [5.74, 6) is -1.27. The Morgan fingerprint density at radius 3 is 2.62 bits per heavy atom. The summed E-state index contributed by atoms with van der Waals surface area (Å²) in [4.78, 5) is 24.1. The lowest BCUT2D eigenvalue weighted by Crippen LogP contribution is -2.46. The molecule has 16 heavy (non-hydrogen) atoms. The molecule has 1 aliphatic heterocycles. The van der Waals surface area contributed by atoms with Crippen molar-refractivity contribution in [3.05, 3.63) is 23.7 Å². The van der Waals surface area contributed by atoms with Crippen LogP contribution in [0.1, 0.15) is 20.9 Å². The van der Waals surface area contributed by atoms with Gasteiger partial charge < -0.3 is 19.7 Å². The van der Waals surface area contributed by atoms with Crippen molar-refractivity contribution < 1.29 is 19.1 Å². The van der Waals surface area contributed by atoms with E-state index in [9.17, 15) is 9.59 Å². The number of nitrogens with zero attached hydrogens (tertiary/aromatic N) is 1. The summed E-state index contributed by atoms with van der Waals surface area (Å²) >= 11 is 0. The van der Waals surface area contributed by atoms with Crippen LogP contribution in [0, 0.1) is 0 Å². The van der Waals surface area contributed by atoms with E-state index in [1.165, 1.54) is 6.07 Å². The molecule has 1 amide bonds. The highest BCUT2D eigenvalue weighted by Gasteiger charge is 2.21. The first-order chi connectivity index (χ1) is 7.68. The van der Waals surface area contributed by atoms with Crippen LogP contribution in [0.15, 0.2) is 16.7 Å². The molecule has 0 spiro atoms. The van der Waals surface area contributed by atoms with Gasteiger partial charge in [-0.15, -0.1) is 0 Å². The summed E-state index contributed by atoms with van der Waals surface area (Å²) in [5.41, 5.74) is -0.00140. The number of hydrogen-bond donors (Lipinski definition) is 2. The Balaban J connectivity index is 2.10. The Kier molecular flexibility index (Phi) is 2.91. The highest BCUT2D eigenvalue weighted by atomic mass is 16.4. The molecule has 1 aliphatic rings. The van der Waals surface area contributed by atoms with Gasteiger partial charge in [0.2, 0.25) is 0 Å². The van der Waals surface area contributed by atoms with Gasteiger partial charge in [0.1, 0.15) is 6.26 Å². The number of rotatable bonds is 2. The summed E-state index contributed by atoms with van der Waals surface area (Å²) in [6.07, 6.45) is 1.08. The van der Waals surface area contributed by atoms with Crippen LogP contribution in [-0.2, 0) is 0 Å². The molecular formula is C10H12N2O4. The van der Waals surface area contributed by atoms with Crippen molar-refractivity contribution in [2.45, 2.75) is 0 Å². The second-order valence-corrected chi connectivity index (χ2v) is 3.55. The Hall–Kier alpha value is -1.82. The molecule has 0 bridgehead atoms. The Morgan fingerprint density at radius 1 is 1.38 bits per heavy atom. The normalized spacial score (nSPS) is 16.1. The minimum atomic E-state index is -1.09. The first-order valence-electron chi connectivity index (χ1n) is 5.00. The van der Waals surface area contributed by atoms with Crippen molar-refractivity contribution in [1.29, 1.82) is 0 Å². The summed E-state index contributed by atoms with van der Waals surface area (Å²) in [5, 5.41) is 11.8. The van der Waals surface area contributed by atoms with Crippen molar-refractivity contribution >= 4 is 11.9 Å². The Morgan fingerprint density at radius 2 is 2.06 bits per heavy atom. The maximum absolute atomic E-state index is 11.8. The molecule has 0 radical (unpaired) electrons. The van der Waals surface area contributed by atoms with Crippen LogP contribution in [0.4, 0.5) is 0 Å². The van der Waals surface area contributed by atoms with E-state index in [1.807, 2.05) is 0 Å². The highest BCUT2D eigenvalue weighted by Crippen LogP contribution is 2.11. The molecule has 1 aromatic rings. The maximum Gasteiger partial charge on any atom is 0.338 e. The molecule has 0 unspecified atom stereocenters. The molecule has 2 N–H and O–H groups in total. The van der Waals surface area contributed by atoms with Crippen LogP contribution in [0.5, 0.6) is 0 Å². The molecule has 2 heterocycles. The van der Waals surface area contributed by atoms with Gasteiger partial charge in [-0.1, -0.05) is 0 Å². The van der Waals surface area contributed by atoms with Gasteiger partial charge in [-0.3, -0.25) is 4.79 Å². The first-order valence-corrected chi connectivity index (χ1v) is 5.00. The molecule has 1 saturated heterocycles. The zero-order valence-corrected chi connectivity index (χ0v) is 8.60. The Bertz CT molecular complexity index is 407. The van der Waals surface area contributed by atoms with E-state index >= 15 is 0 Å². The minimum absolute atomic E-state index is 0.00140. The van der Waals surface area contributed by atoms with E-state index in [2.05, 4.69) is 5.32 Å². The third-order valence-corrected chi connectivity index (χ3v) is 2.46. The van der Waals surface area contributed by atoms with Gasteiger partial charge in [-0.05, 0) is 0 Å². The molecule has 1 aromatic heterocycles. The molecular weight excluding hydrogens is 212 g/mol. The number of hydrogen-bond acceptors (Lipinski definition) is 4. The van der Waals surface area contributed by atoms with Crippen LogP contribution in [-0.4, -0.2) is 48.1 Å². The van der Waals surface area contributed by atoms with Gasteiger partial charge in [0.05, 0.1) is 5.56 Å². The molecule has 0 saturated carbocycles. The molecule has 1 fully saturated rings. The van der Waals surface area contributed by atoms with E-state index in [4.69, 9.17) is 9.52 Å². The van der Waals surface area contributed by atoms with Crippen LogP contribution < -0.4 is 5.32 Å². The minimum Gasteiger partial charge on any atom is -0.478 e. The van der Waals surface area contributed by atoms with Crippen LogP contribution in [0.3, 0.4) is 0 Å². The number of carboxylic acids is 1. The molecule has 0 atom stereocenters. The lowest BCUT2D eigenvalue weighted by atomic mass is 10.2.